The Bertz CT molecular complexity index is 177. The number of esters is 1. The van der Waals surface area contributed by atoms with Gasteiger partial charge in [0.25, 0.3) is 0 Å². The molecule has 11 heavy (non-hydrogen) atoms. The zero-order valence-corrected chi connectivity index (χ0v) is 5.93. The van der Waals surface area contributed by atoms with Gasteiger partial charge in [0.2, 0.25) is 0 Å². The van der Waals surface area contributed by atoms with Gasteiger partial charge in [0, 0.05) is 6.42 Å². The summed E-state index contributed by atoms with van der Waals surface area (Å²) in [4.78, 5) is 10.6. The summed E-state index contributed by atoms with van der Waals surface area (Å²) in [5, 5.41) is 18.0. The second-order valence-corrected chi connectivity index (χ2v) is 2.44. The van der Waals surface area contributed by atoms with Gasteiger partial charge in [-0.05, 0) is 0 Å². The molecule has 0 aromatic carbocycles. The van der Waals surface area contributed by atoms with Gasteiger partial charge in [-0.3, -0.25) is 0 Å². The Balaban J connectivity index is 2.59. The average Bonchev–Trinajstić information content (AvgIpc) is 2.19. The third kappa shape index (κ3) is 1.41. The van der Waals surface area contributed by atoms with Crippen LogP contribution >= 0.6 is 0 Å². The Labute approximate surface area is 64.1 Å². The highest BCUT2D eigenvalue weighted by Gasteiger charge is 2.41. The third-order valence-corrected chi connectivity index (χ3v) is 1.61. The second kappa shape index (κ2) is 3.02. The molecule has 1 aliphatic rings. The summed E-state index contributed by atoms with van der Waals surface area (Å²) in [6, 6.07) is 0. The van der Waals surface area contributed by atoms with Crippen LogP contribution in [0.4, 0.5) is 0 Å². The summed E-state index contributed by atoms with van der Waals surface area (Å²) >= 11 is 0. The molecule has 0 saturated carbocycles. The molecule has 3 atom stereocenters. The smallest absolute Gasteiger partial charge is 0.338 e. The summed E-state index contributed by atoms with van der Waals surface area (Å²) in [6.07, 6.45) is -1.24. The van der Waals surface area contributed by atoms with Gasteiger partial charge in [0.1, 0.15) is 12.2 Å². The summed E-state index contributed by atoms with van der Waals surface area (Å²) in [5.41, 5.74) is 0. The predicted octanol–water partition coefficient (Wildman–Crippen LogP) is -0.790. The van der Waals surface area contributed by atoms with Gasteiger partial charge in [0.05, 0.1) is 0 Å². The van der Waals surface area contributed by atoms with E-state index in [1.807, 2.05) is 0 Å². The Morgan fingerprint density at radius 2 is 2.27 bits per heavy atom. The lowest BCUT2D eigenvalue weighted by Crippen LogP contribution is -2.30. The zero-order valence-electron chi connectivity index (χ0n) is 5.93. The lowest BCUT2D eigenvalue weighted by Gasteiger charge is -2.09. The molecule has 1 saturated heterocycles. The van der Waals surface area contributed by atoms with E-state index in [4.69, 9.17) is 10.2 Å². The number of hydrogen-bond acceptors (Lipinski definition) is 4. The molecule has 1 heterocycles. The van der Waals surface area contributed by atoms with E-state index in [1.54, 1.807) is 0 Å². The van der Waals surface area contributed by atoms with Crippen molar-refractivity contribution in [2.24, 2.45) is 0 Å². The van der Waals surface area contributed by atoms with Crippen molar-refractivity contribution in [3.63, 3.8) is 0 Å². The van der Waals surface area contributed by atoms with Crippen molar-refractivity contribution in [2.75, 3.05) is 0 Å². The number of carbonyl (C=O) groups is 1. The maximum absolute atomic E-state index is 10.6. The highest BCUT2D eigenvalue weighted by atomic mass is 16.6. The van der Waals surface area contributed by atoms with Crippen molar-refractivity contribution < 1.29 is 19.7 Å². The molecule has 0 amide bonds. The first kappa shape index (κ1) is 8.23. The number of aliphatic hydroxyl groups is 2. The molecule has 62 valence electrons. The maximum Gasteiger partial charge on any atom is 0.338 e. The highest BCUT2D eigenvalue weighted by molar-refractivity contribution is 5.77. The minimum absolute atomic E-state index is 0.365. The van der Waals surface area contributed by atoms with E-state index < -0.39 is 24.3 Å². The number of aliphatic hydroxyl groups excluding tert-OH is 2. The molecule has 0 radical (unpaired) electrons. The third-order valence-electron chi connectivity index (χ3n) is 1.61. The molecule has 0 spiro atoms. The van der Waals surface area contributed by atoms with E-state index >= 15 is 0 Å². The van der Waals surface area contributed by atoms with E-state index in [0.717, 1.165) is 0 Å². The van der Waals surface area contributed by atoms with Gasteiger partial charge in [-0.2, -0.15) is 0 Å². The van der Waals surface area contributed by atoms with Gasteiger partial charge >= 0.3 is 5.97 Å². The van der Waals surface area contributed by atoms with Crippen molar-refractivity contribution in [3.8, 4) is 0 Å². The first-order valence-corrected chi connectivity index (χ1v) is 3.34. The molecule has 4 heteroatoms. The van der Waals surface area contributed by atoms with Crippen LogP contribution in [0.5, 0.6) is 0 Å². The number of hydrogen-bond donors (Lipinski definition) is 2. The summed E-state index contributed by atoms with van der Waals surface area (Å²) in [5.74, 6) is -0.760. The quantitative estimate of drug-likeness (QED) is 0.408. The average molecular weight is 158 g/mol. The van der Waals surface area contributed by atoms with E-state index in [-0.39, 0.29) is 0 Å². The zero-order chi connectivity index (χ0) is 8.43. The summed E-state index contributed by atoms with van der Waals surface area (Å²) in [6.45, 7) is 3.42. The molecule has 0 aromatic heterocycles. The minimum Gasteiger partial charge on any atom is -0.457 e. The molecule has 0 aromatic rings. The lowest BCUT2D eigenvalue weighted by atomic mass is 10.1. The van der Waals surface area contributed by atoms with Crippen LogP contribution in [0.2, 0.25) is 0 Å². The van der Waals surface area contributed by atoms with E-state index in [2.05, 4.69) is 11.3 Å². The number of cyclic esters (lactones) is 1. The predicted molar refractivity (Wildman–Crippen MR) is 36.7 cm³/mol. The van der Waals surface area contributed by atoms with Crippen molar-refractivity contribution in [1.82, 2.24) is 0 Å². The maximum atomic E-state index is 10.6. The highest BCUT2D eigenvalue weighted by Crippen LogP contribution is 2.18. The largest absolute Gasteiger partial charge is 0.457 e. The van der Waals surface area contributed by atoms with Crippen LogP contribution in [0.1, 0.15) is 6.42 Å². The first-order valence-electron chi connectivity index (χ1n) is 3.34. The van der Waals surface area contributed by atoms with Crippen LogP contribution in [0.25, 0.3) is 0 Å². The van der Waals surface area contributed by atoms with Crippen molar-refractivity contribution in [3.05, 3.63) is 12.7 Å². The molecule has 0 bridgehead atoms. The van der Waals surface area contributed by atoms with Gasteiger partial charge in [-0.25, -0.2) is 4.79 Å². The molecule has 1 rings (SSSR count). The Morgan fingerprint density at radius 1 is 1.64 bits per heavy atom. The fourth-order valence-electron chi connectivity index (χ4n) is 0.983. The Hall–Kier alpha value is -0.870. The Morgan fingerprint density at radius 3 is 2.64 bits per heavy atom. The van der Waals surface area contributed by atoms with Crippen LogP contribution in [0, 0.1) is 0 Å². The monoisotopic (exact) mass is 158 g/mol. The van der Waals surface area contributed by atoms with Gasteiger partial charge in [-0.15, -0.1) is 6.58 Å². The van der Waals surface area contributed by atoms with E-state index in [9.17, 15) is 4.79 Å². The fourth-order valence-corrected chi connectivity index (χ4v) is 0.983. The number of ether oxygens (including phenoxy) is 1. The van der Waals surface area contributed by atoms with Crippen LogP contribution in [-0.2, 0) is 9.53 Å². The Kier molecular flexibility index (Phi) is 2.26. The minimum atomic E-state index is -1.39. The van der Waals surface area contributed by atoms with Crippen LogP contribution in [0.3, 0.4) is 0 Å². The second-order valence-electron chi connectivity index (χ2n) is 2.44. The SMILES string of the molecule is C=CC[C@@H]1OC(=O)[C@@H](O)[C@H]1O. The first-order chi connectivity index (χ1) is 5.16. The molecule has 4 nitrogen and oxygen atoms in total. The van der Waals surface area contributed by atoms with E-state index in [0.29, 0.717) is 6.42 Å². The van der Waals surface area contributed by atoms with Crippen molar-refractivity contribution >= 4 is 5.97 Å². The van der Waals surface area contributed by atoms with Crippen LogP contribution in [-0.4, -0.2) is 34.5 Å². The molecule has 1 fully saturated rings. The molecule has 1 aliphatic heterocycles. The van der Waals surface area contributed by atoms with Crippen molar-refractivity contribution in [1.29, 1.82) is 0 Å². The summed E-state index contributed by atoms with van der Waals surface area (Å²) < 4.78 is 4.62. The molecule has 2 N–H and O–H groups in total. The normalized spacial score (nSPS) is 36.9. The molecular formula is C7H10O4. The van der Waals surface area contributed by atoms with Gasteiger partial charge < -0.3 is 14.9 Å². The number of carbonyl (C=O) groups excluding carboxylic acids is 1. The topological polar surface area (TPSA) is 66.8 Å². The molecule has 0 unspecified atom stereocenters. The van der Waals surface area contributed by atoms with Gasteiger partial charge in [-0.1, -0.05) is 6.08 Å². The molecular weight excluding hydrogens is 148 g/mol. The van der Waals surface area contributed by atoms with E-state index in [1.165, 1.54) is 6.08 Å². The van der Waals surface area contributed by atoms with Gasteiger partial charge in [0.15, 0.2) is 6.10 Å². The number of rotatable bonds is 2. The van der Waals surface area contributed by atoms with Crippen LogP contribution < -0.4 is 0 Å². The fraction of sp³-hybridized carbons (Fsp3) is 0.571. The van der Waals surface area contributed by atoms with Crippen molar-refractivity contribution in [2.45, 2.75) is 24.7 Å². The standard InChI is InChI=1S/C7H10O4/c1-2-3-4-5(8)6(9)7(10)11-4/h2,4-6,8-9H,1,3H2/t4-,5-,6-/m0/s1. The molecule has 0 aliphatic carbocycles. The lowest BCUT2D eigenvalue weighted by molar-refractivity contribution is -0.147. The van der Waals surface area contributed by atoms with Crippen LogP contribution in [0.15, 0.2) is 12.7 Å². The summed E-state index contributed by atoms with van der Waals surface area (Å²) in [7, 11) is 0.